The van der Waals surface area contributed by atoms with Crippen molar-refractivity contribution in [3.63, 3.8) is 0 Å². The van der Waals surface area contributed by atoms with Crippen molar-refractivity contribution in [1.29, 1.82) is 0 Å². The molecular weight excluding hydrogens is 524 g/mol. The number of benzene rings is 1. The van der Waals surface area contributed by atoms with E-state index in [0.29, 0.717) is 5.75 Å². The van der Waals surface area contributed by atoms with Gasteiger partial charge >= 0.3 is 6.09 Å². The van der Waals surface area contributed by atoms with Crippen molar-refractivity contribution in [1.82, 2.24) is 30.7 Å². The van der Waals surface area contributed by atoms with Crippen LogP contribution in [0.2, 0.25) is 0 Å². The molecule has 0 bridgehead atoms. The van der Waals surface area contributed by atoms with Crippen LogP contribution in [-0.4, -0.2) is 110 Å². The molecule has 0 saturated heterocycles. The Labute approximate surface area is 231 Å². The molecule has 40 heavy (non-hydrogen) atoms. The van der Waals surface area contributed by atoms with Gasteiger partial charge in [0.1, 0.15) is 5.75 Å². The van der Waals surface area contributed by atoms with Gasteiger partial charge in [0.25, 0.3) is 11.8 Å². The van der Waals surface area contributed by atoms with Crippen LogP contribution in [-0.2, 0) is 35.2 Å². The first-order valence-corrected chi connectivity index (χ1v) is 12.6. The molecule has 3 N–H and O–H groups in total. The third-order valence-corrected chi connectivity index (χ3v) is 5.84. The SMILES string of the molecule is CCc1ccc(OC(=O)N(C)CCN(C)C(=O)CNC(=O)CNC(=O)CNC(=O)CCN2C(=O)C=CC2=O)cc1. The van der Waals surface area contributed by atoms with Gasteiger partial charge in [-0.25, -0.2) is 4.79 Å². The third-order valence-electron chi connectivity index (χ3n) is 5.84. The third kappa shape index (κ3) is 10.6. The van der Waals surface area contributed by atoms with Crippen molar-refractivity contribution in [3.8, 4) is 5.75 Å². The molecule has 1 aromatic rings. The van der Waals surface area contributed by atoms with Crippen LogP contribution >= 0.6 is 0 Å². The summed E-state index contributed by atoms with van der Waals surface area (Å²) in [6, 6.07) is 7.17. The van der Waals surface area contributed by atoms with Crippen molar-refractivity contribution >= 4 is 41.5 Å². The highest BCUT2D eigenvalue weighted by atomic mass is 16.6. The van der Waals surface area contributed by atoms with Gasteiger partial charge in [-0.15, -0.1) is 0 Å². The summed E-state index contributed by atoms with van der Waals surface area (Å²) in [5.74, 6) is -2.81. The van der Waals surface area contributed by atoms with Crippen LogP contribution in [0.1, 0.15) is 18.9 Å². The standard InChI is InChI=1S/C26H34N6O8/c1-4-18-5-7-19(8-6-18)40-26(39)31(3)14-13-30(2)25(38)17-29-22(35)16-28-21(34)15-27-20(33)11-12-32-23(36)9-10-24(32)37/h5-10H,4,11-17H2,1-3H3,(H,27,33)(H,28,34)(H,29,35). The molecule has 0 aliphatic carbocycles. The smallest absolute Gasteiger partial charge is 0.410 e. The summed E-state index contributed by atoms with van der Waals surface area (Å²) in [7, 11) is 3.06. The van der Waals surface area contributed by atoms with Crippen molar-refractivity contribution in [3.05, 3.63) is 42.0 Å². The van der Waals surface area contributed by atoms with Crippen LogP contribution in [0, 0.1) is 0 Å². The maximum Gasteiger partial charge on any atom is 0.415 e. The van der Waals surface area contributed by atoms with E-state index in [9.17, 15) is 33.6 Å². The van der Waals surface area contributed by atoms with Gasteiger partial charge in [-0.05, 0) is 24.1 Å². The van der Waals surface area contributed by atoms with E-state index < -0.39 is 54.6 Å². The second-order valence-corrected chi connectivity index (χ2v) is 8.84. The number of hydrogen-bond donors (Lipinski definition) is 3. The summed E-state index contributed by atoms with van der Waals surface area (Å²) >= 11 is 0. The minimum atomic E-state index is -0.641. The Bertz CT molecular complexity index is 1130. The number of imide groups is 1. The molecular formula is C26H34N6O8. The van der Waals surface area contributed by atoms with E-state index in [0.717, 1.165) is 29.0 Å². The largest absolute Gasteiger partial charge is 0.415 e. The Morgan fingerprint density at radius 2 is 1.30 bits per heavy atom. The van der Waals surface area contributed by atoms with Crippen molar-refractivity contribution in [2.45, 2.75) is 19.8 Å². The average Bonchev–Trinajstić information content (AvgIpc) is 3.27. The van der Waals surface area contributed by atoms with Gasteiger partial charge < -0.3 is 30.5 Å². The Balaban J connectivity index is 1.58. The van der Waals surface area contributed by atoms with Crippen LogP contribution in [0.5, 0.6) is 5.75 Å². The van der Waals surface area contributed by atoms with E-state index in [2.05, 4.69) is 16.0 Å². The number of rotatable bonds is 14. The predicted octanol–water partition coefficient (Wildman–Crippen LogP) is -1.20. The Hall–Kier alpha value is -4.75. The van der Waals surface area contributed by atoms with E-state index in [4.69, 9.17) is 4.74 Å². The molecule has 0 fully saturated rings. The van der Waals surface area contributed by atoms with E-state index in [1.165, 1.54) is 16.8 Å². The zero-order valence-electron chi connectivity index (χ0n) is 22.7. The van der Waals surface area contributed by atoms with E-state index in [1.54, 1.807) is 19.2 Å². The number of amides is 7. The van der Waals surface area contributed by atoms with Crippen molar-refractivity contribution in [2.75, 3.05) is 53.4 Å². The zero-order chi connectivity index (χ0) is 29.7. The second-order valence-electron chi connectivity index (χ2n) is 8.84. The molecule has 7 amide bonds. The lowest BCUT2D eigenvalue weighted by atomic mass is 10.2. The highest BCUT2D eigenvalue weighted by Crippen LogP contribution is 2.13. The normalized spacial score (nSPS) is 12.1. The molecule has 0 unspecified atom stereocenters. The Kier molecular flexibility index (Phi) is 12.3. The molecule has 1 heterocycles. The van der Waals surface area contributed by atoms with Gasteiger partial charge in [-0.1, -0.05) is 19.1 Å². The van der Waals surface area contributed by atoms with E-state index >= 15 is 0 Å². The second kappa shape index (κ2) is 15.6. The summed E-state index contributed by atoms with van der Waals surface area (Å²) < 4.78 is 5.31. The number of carbonyl (C=O) groups is 7. The zero-order valence-corrected chi connectivity index (χ0v) is 22.7. The maximum absolute atomic E-state index is 12.3. The van der Waals surface area contributed by atoms with Gasteiger partial charge in [0.15, 0.2) is 0 Å². The van der Waals surface area contributed by atoms with Crippen LogP contribution in [0.4, 0.5) is 4.79 Å². The molecule has 14 heteroatoms. The molecule has 2 rings (SSSR count). The number of ether oxygens (including phenoxy) is 1. The lowest BCUT2D eigenvalue weighted by molar-refractivity contribution is -0.137. The molecule has 1 aliphatic rings. The Morgan fingerprint density at radius 1 is 0.775 bits per heavy atom. The van der Waals surface area contributed by atoms with Crippen molar-refractivity contribution in [2.24, 2.45) is 0 Å². The summed E-state index contributed by atoms with van der Waals surface area (Å²) in [6.07, 6.45) is 2.34. The fraction of sp³-hybridized carbons (Fsp3) is 0.423. The van der Waals surface area contributed by atoms with E-state index in [-0.39, 0.29) is 32.6 Å². The lowest BCUT2D eigenvalue weighted by Crippen LogP contribution is -2.46. The van der Waals surface area contributed by atoms with Gasteiger partial charge in [0.05, 0.1) is 19.6 Å². The number of nitrogens with one attached hydrogen (secondary N) is 3. The van der Waals surface area contributed by atoms with Crippen LogP contribution < -0.4 is 20.7 Å². The highest BCUT2D eigenvalue weighted by molar-refractivity contribution is 6.13. The molecule has 0 radical (unpaired) electrons. The topological polar surface area (TPSA) is 175 Å². The highest BCUT2D eigenvalue weighted by Gasteiger charge is 2.23. The summed E-state index contributed by atoms with van der Waals surface area (Å²) in [5.41, 5.74) is 1.12. The van der Waals surface area contributed by atoms with Gasteiger partial charge in [-0.3, -0.25) is 33.7 Å². The molecule has 216 valence electrons. The van der Waals surface area contributed by atoms with Gasteiger partial charge in [0.2, 0.25) is 23.6 Å². The van der Waals surface area contributed by atoms with Crippen molar-refractivity contribution < 1.29 is 38.3 Å². The number of hydrogen-bond acceptors (Lipinski definition) is 8. The van der Waals surface area contributed by atoms with Gasteiger partial charge in [0, 0.05) is 52.3 Å². The molecule has 0 aromatic heterocycles. The maximum atomic E-state index is 12.3. The first-order chi connectivity index (χ1) is 19.0. The summed E-state index contributed by atoms with van der Waals surface area (Å²) in [6.45, 7) is 1.16. The molecule has 1 aromatic carbocycles. The molecule has 0 saturated carbocycles. The minimum absolute atomic E-state index is 0.114. The number of likely N-dealkylation sites (N-methyl/N-ethyl adjacent to an activating group) is 2. The Morgan fingerprint density at radius 3 is 1.88 bits per heavy atom. The monoisotopic (exact) mass is 558 g/mol. The number of carbonyl (C=O) groups excluding carboxylic acids is 7. The predicted molar refractivity (Wildman–Crippen MR) is 142 cm³/mol. The fourth-order valence-electron chi connectivity index (χ4n) is 3.23. The van der Waals surface area contributed by atoms with Crippen LogP contribution in [0.25, 0.3) is 0 Å². The average molecular weight is 559 g/mol. The molecule has 0 atom stereocenters. The molecule has 1 aliphatic heterocycles. The molecule has 14 nitrogen and oxygen atoms in total. The fourth-order valence-corrected chi connectivity index (χ4v) is 3.23. The minimum Gasteiger partial charge on any atom is -0.410 e. The number of aryl methyl sites for hydroxylation is 1. The number of nitrogens with zero attached hydrogens (tertiary/aromatic N) is 3. The van der Waals surface area contributed by atoms with Crippen LogP contribution in [0.15, 0.2) is 36.4 Å². The quantitative estimate of drug-likeness (QED) is 0.239. The molecule has 0 spiro atoms. The van der Waals surface area contributed by atoms with Gasteiger partial charge in [-0.2, -0.15) is 0 Å². The first-order valence-electron chi connectivity index (χ1n) is 12.6. The summed E-state index contributed by atoms with van der Waals surface area (Å²) in [5, 5.41) is 7.01. The lowest BCUT2D eigenvalue weighted by Gasteiger charge is -2.22. The van der Waals surface area contributed by atoms with E-state index in [1.807, 2.05) is 19.1 Å². The van der Waals surface area contributed by atoms with Crippen LogP contribution in [0.3, 0.4) is 0 Å². The summed E-state index contributed by atoms with van der Waals surface area (Å²) in [4.78, 5) is 86.6. The first kappa shape index (κ1) is 31.5.